The van der Waals surface area contributed by atoms with Crippen molar-refractivity contribution in [3.63, 3.8) is 0 Å². The van der Waals surface area contributed by atoms with Gasteiger partial charge in [-0.15, -0.1) is 12.4 Å². The molecular formula is C26H32ClN3O3. The molecule has 2 atom stereocenters. The number of nitrogens with zero attached hydrogens (tertiary/aromatic N) is 3. The standard InChI is InChI=1S/C26H31N3O3.ClH/c1-14-9-15(2)25(16(3)10-14)27-24-13-21-20-12-23(32-8)22(31-7)11-19(20)17(4)18(5)29(21)26(30)28(24)6;/h9-13,17-18H,1-8H3;1H/t17-,18-;/m0./s1. The van der Waals surface area contributed by atoms with Crippen LogP contribution in [0, 0.1) is 20.8 Å². The second-order valence-electron chi connectivity index (χ2n) is 8.78. The first kappa shape index (κ1) is 24.6. The quantitative estimate of drug-likeness (QED) is 0.534. The minimum Gasteiger partial charge on any atom is -0.493 e. The van der Waals surface area contributed by atoms with Crippen molar-refractivity contribution in [2.45, 2.75) is 46.6 Å². The molecule has 176 valence electrons. The topological polar surface area (TPSA) is 57.8 Å². The predicted octanol–water partition coefficient (Wildman–Crippen LogP) is 5.13. The highest BCUT2D eigenvalue weighted by molar-refractivity contribution is 5.85. The van der Waals surface area contributed by atoms with Gasteiger partial charge in [-0.3, -0.25) is 9.13 Å². The Balaban J connectivity index is 0.00000306. The molecule has 0 spiro atoms. The van der Waals surface area contributed by atoms with Crippen molar-refractivity contribution in [3.05, 3.63) is 68.6 Å². The fraction of sp³-hybridized carbons (Fsp3) is 0.385. The summed E-state index contributed by atoms with van der Waals surface area (Å²) in [5.41, 5.74) is 7.78. The van der Waals surface area contributed by atoms with E-state index in [4.69, 9.17) is 14.5 Å². The molecule has 0 radical (unpaired) electrons. The molecule has 6 nitrogen and oxygen atoms in total. The van der Waals surface area contributed by atoms with E-state index in [1.165, 1.54) is 5.56 Å². The zero-order valence-corrected chi connectivity index (χ0v) is 21.3. The second kappa shape index (κ2) is 9.10. The molecule has 1 aliphatic rings. The van der Waals surface area contributed by atoms with Gasteiger partial charge in [0.1, 0.15) is 5.49 Å². The van der Waals surface area contributed by atoms with E-state index in [1.807, 2.05) is 22.8 Å². The van der Waals surface area contributed by atoms with Crippen molar-refractivity contribution in [2.75, 3.05) is 14.2 Å². The van der Waals surface area contributed by atoms with Gasteiger partial charge in [0, 0.05) is 30.6 Å². The predicted molar refractivity (Wildman–Crippen MR) is 134 cm³/mol. The van der Waals surface area contributed by atoms with E-state index in [9.17, 15) is 4.79 Å². The van der Waals surface area contributed by atoms with Gasteiger partial charge < -0.3 is 9.47 Å². The molecule has 2 heterocycles. The normalized spacial score (nSPS) is 17.2. The lowest BCUT2D eigenvalue weighted by atomic mass is 9.85. The molecule has 33 heavy (non-hydrogen) atoms. The van der Waals surface area contributed by atoms with Crippen molar-refractivity contribution in [2.24, 2.45) is 12.0 Å². The average molecular weight is 470 g/mol. The monoisotopic (exact) mass is 469 g/mol. The summed E-state index contributed by atoms with van der Waals surface area (Å²) in [7, 11) is 5.05. The number of hydrogen-bond acceptors (Lipinski definition) is 4. The number of benzene rings is 2. The minimum atomic E-state index is -0.0801. The number of aryl methyl sites for hydroxylation is 3. The van der Waals surface area contributed by atoms with Crippen molar-refractivity contribution in [1.82, 2.24) is 9.13 Å². The lowest BCUT2D eigenvalue weighted by Gasteiger charge is -2.33. The molecule has 3 aromatic rings. The highest BCUT2D eigenvalue weighted by atomic mass is 35.5. The number of rotatable bonds is 3. The summed E-state index contributed by atoms with van der Waals surface area (Å²) in [5, 5.41) is 0. The van der Waals surface area contributed by atoms with E-state index in [0.717, 1.165) is 33.6 Å². The Kier molecular flexibility index (Phi) is 6.80. The first-order valence-electron chi connectivity index (χ1n) is 10.9. The first-order chi connectivity index (χ1) is 15.2. The summed E-state index contributed by atoms with van der Waals surface area (Å²) in [6, 6.07) is 10.2. The van der Waals surface area contributed by atoms with Gasteiger partial charge in [0.2, 0.25) is 0 Å². The van der Waals surface area contributed by atoms with Crippen molar-refractivity contribution >= 4 is 18.1 Å². The van der Waals surface area contributed by atoms with E-state index in [0.29, 0.717) is 17.0 Å². The summed E-state index contributed by atoms with van der Waals surface area (Å²) in [6.07, 6.45) is 0. The average Bonchev–Trinajstić information content (AvgIpc) is 2.76. The molecule has 2 aromatic carbocycles. The molecule has 0 bridgehead atoms. The van der Waals surface area contributed by atoms with Gasteiger partial charge >= 0.3 is 5.69 Å². The van der Waals surface area contributed by atoms with Gasteiger partial charge in [-0.1, -0.05) is 24.6 Å². The van der Waals surface area contributed by atoms with Crippen LogP contribution in [0.2, 0.25) is 0 Å². The van der Waals surface area contributed by atoms with Gasteiger partial charge in [-0.25, -0.2) is 9.79 Å². The van der Waals surface area contributed by atoms with E-state index in [-0.39, 0.29) is 30.1 Å². The highest BCUT2D eigenvalue weighted by Crippen LogP contribution is 2.45. The molecule has 0 saturated carbocycles. The van der Waals surface area contributed by atoms with E-state index in [2.05, 4.69) is 46.8 Å². The maximum Gasteiger partial charge on any atom is 0.330 e. The van der Waals surface area contributed by atoms with Crippen LogP contribution in [0.5, 0.6) is 11.5 Å². The number of aromatic nitrogens is 2. The lowest BCUT2D eigenvalue weighted by molar-refractivity contribution is 0.352. The van der Waals surface area contributed by atoms with Crippen molar-refractivity contribution < 1.29 is 9.47 Å². The smallest absolute Gasteiger partial charge is 0.330 e. The molecule has 4 rings (SSSR count). The summed E-state index contributed by atoms with van der Waals surface area (Å²) >= 11 is 0. The van der Waals surface area contributed by atoms with Crippen LogP contribution in [0.25, 0.3) is 11.3 Å². The van der Waals surface area contributed by atoms with Crippen LogP contribution in [0.1, 0.15) is 48.1 Å². The molecule has 0 unspecified atom stereocenters. The molecular weight excluding hydrogens is 438 g/mol. The summed E-state index contributed by atoms with van der Waals surface area (Å²) in [6.45, 7) is 10.4. The molecule has 0 aliphatic carbocycles. The molecule has 0 N–H and O–H groups in total. The third-order valence-electron chi connectivity index (χ3n) is 6.68. The summed E-state index contributed by atoms with van der Waals surface area (Å²) < 4.78 is 14.6. The highest BCUT2D eigenvalue weighted by Gasteiger charge is 2.31. The maximum absolute atomic E-state index is 13.5. The fourth-order valence-corrected chi connectivity index (χ4v) is 4.80. The Morgan fingerprint density at radius 3 is 2.06 bits per heavy atom. The largest absolute Gasteiger partial charge is 0.493 e. The number of halogens is 1. The van der Waals surface area contributed by atoms with Crippen LogP contribution in [-0.4, -0.2) is 23.4 Å². The van der Waals surface area contributed by atoms with Crippen LogP contribution in [0.3, 0.4) is 0 Å². The summed E-state index contributed by atoms with van der Waals surface area (Å²) in [5.74, 6) is 1.47. The molecule has 0 amide bonds. The maximum atomic E-state index is 13.5. The molecule has 7 heteroatoms. The van der Waals surface area contributed by atoms with Gasteiger partial charge in [0.15, 0.2) is 11.5 Å². The van der Waals surface area contributed by atoms with Crippen LogP contribution >= 0.6 is 12.4 Å². The Bertz CT molecular complexity index is 1330. The Morgan fingerprint density at radius 1 is 0.909 bits per heavy atom. The minimum absolute atomic E-state index is 0. The Hall–Kier alpha value is -2.99. The van der Waals surface area contributed by atoms with Crippen LogP contribution < -0.4 is 20.7 Å². The van der Waals surface area contributed by atoms with E-state index < -0.39 is 0 Å². The molecule has 1 aliphatic heterocycles. The third kappa shape index (κ3) is 3.97. The van der Waals surface area contributed by atoms with Gasteiger partial charge in [-0.2, -0.15) is 0 Å². The number of hydrogen-bond donors (Lipinski definition) is 0. The third-order valence-corrected chi connectivity index (χ3v) is 6.68. The Labute approximate surface area is 200 Å². The Morgan fingerprint density at radius 2 is 1.48 bits per heavy atom. The summed E-state index contributed by atoms with van der Waals surface area (Å²) in [4.78, 5) is 18.4. The molecule has 0 fully saturated rings. The SMILES string of the molecule is COc1cc2c(cc1OC)[C@@H](C)[C@H](C)n1c-2cc(=Nc2c(C)cc(C)cc2C)n(C)c1=O.Cl. The van der Waals surface area contributed by atoms with Crippen LogP contribution in [-0.2, 0) is 7.05 Å². The first-order valence-corrected chi connectivity index (χ1v) is 10.9. The zero-order chi connectivity index (χ0) is 23.3. The van der Waals surface area contributed by atoms with Gasteiger partial charge in [0.25, 0.3) is 0 Å². The number of fused-ring (bicyclic) bond motifs is 3. The second-order valence-corrected chi connectivity index (χ2v) is 8.78. The lowest BCUT2D eigenvalue weighted by Crippen LogP contribution is -2.42. The van der Waals surface area contributed by atoms with Crippen molar-refractivity contribution in [1.29, 1.82) is 0 Å². The van der Waals surface area contributed by atoms with Crippen LogP contribution in [0.4, 0.5) is 5.69 Å². The van der Waals surface area contributed by atoms with E-state index >= 15 is 0 Å². The number of methoxy groups -OCH3 is 2. The van der Waals surface area contributed by atoms with E-state index in [1.54, 1.807) is 25.8 Å². The van der Waals surface area contributed by atoms with Crippen LogP contribution in [0.15, 0.2) is 40.1 Å². The number of ether oxygens (including phenoxy) is 2. The van der Waals surface area contributed by atoms with Gasteiger partial charge in [-0.05, 0) is 56.5 Å². The van der Waals surface area contributed by atoms with Gasteiger partial charge in [0.05, 0.1) is 25.6 Å². The molecule has 1 aromatic heterocycles. The fourth-order valence-electron chi connectivity index (χ4n) is 4.80. The molecule has 0 saturated heterocycles. The van der Waals surface area contributed by atoms with Crippen molar-refractivity contribution in [3.8, 4) is 22.8 Å². The zero-order valence-electron chi connectivity index (χ0n) is 20.5.